The largest absolute Gasteiger partial charge is 0.322 e. The molecule has 0 saturated heterocycles. The van der Waals surface area contributed by atoms with Gasteiger partial charge in [0.05, 0.1) is 17.4 Å². The molecule has 0 aliphatic heterocycles. The molecule has 3 rings (SSSR count). The summed E-state index contributed by atoms with van der Waals surface area (Å²) < 4.78 is 0. The Hall–Kier alpha value is -3.80. The molecule has 0 atom stereocenters. The molecule has 1 aromatic heterocycles. The molecule has 0 bridgehead atoms. The van der Waals surface area contributed by atoms with Gasteiger partial charge < -0.3 is 5.32 Å². The number of benzene rings is 2. The number of aromatic nitrogens is 1. The van der Waals surface area contributed by atoms with Gasteiger partial charge in [-0.25, -0.2) is 10.4 Å². The molecular weight excluding hydrogens is 340 g/mol. The van der Waals surface area contributed by atoms with Gasteiger partial charge in [0.15, 0.2) is 0 Å². The predicted octanol–water partition coefficient (Wildman–Crippen LogP) is 3.51. The van der Waals surface area contributed by atoms with E-state index in [-0.39, 0.29) is 11.8 Å². The highest BCUT2D eigenvalue weighted by atomic mass is 16.2. The van der Waals surface area contributed by atoms with Gasteiger partial charge in [-0.3, -0.25) is 9.59 Å². The first kappa shape index (κ1) is 18.0. The van der Waals surface area contributed by atoms with E-state index in [0.717, 1.165) is 10.9 Å². The molecule has 134 valence electrons. The Morgan fingerprint density at radius 1 is 1.04 bits per heavy atom. The van der Waals surface area contributed by atoms with Crippen molar-refractivity contribution in [1.29, 1.82) is 0 Å². The highest BCUT2D eigenvalue weighted by Crippen LogP contribution is 2.12. The van der Waals surface area contributed by atoms with Gasteiger partial charge >= 0.3 is 0 Å². The quantitative estimate of drug-likeness (QED) is 0.416. The molecule has 0 aliphatic rings. The molecule has 0 aliphatic carbocycles. The summed E-state index contributed by atoms with van der Waals surface area (Å²) in [5.41, 5.74) is 5.39. The van der Waals surface area contributed by atoms with Crippen LogP contribution in [-0.2, 0) is 4.79 Å². The van der Waals surface area contributed by atoms with E-state index in [1.807, 2.05) is 36.4 Å². The lowest BCUT2D eigenvalue weighted by Crippen LogP contribution is -2.18. The van der Waals surface area contributed by atoms with Crippen LogP contribution in [0.5, 0.6) is 0 Å². The number of carbonyl (C=O) groups is 2. The molecule has 6 heteroatoms. The van der Waals surface area contributed by atoms with E-state index >= 15 is 0 Å². The number of nitrogens with one attached hydrogen (secondary N) is 2. The number of hydrogen-bond acceptors (Lipinski definition) is 4. The van der Waals surface area contributed by atoms with Crippen molar-refractivity contribution in [3.8, 4) is 0 Å². The lowest BCUT2D eigenvalue weighted by atomic mass is 10.2. The second-order valence-corrected chi connectivity index (χ2v) is 5.94. The van der Waals surface area contributed by atoms with Gasteiger partial charge in [0, 0.05) is 22.2 Å². The van der Waals surface area contributed by atoms with Crippen LogP contribution in [0.3, 0.4) is 0 Å². The second kappa shape index (κ2) is 8.05. The number of amides is 2. The lowest BCUT2D eigenvalue weighted by Gasteiger charge is -2.05. The van der Waals surface area contributed by atoms with Crippen molar-refractivity contribution < 1.29 is 9.59 Å². The minimum absolute atomic E-state index is 0.264. The number of rotatable bonds is 5. The zero-order valence-electron chi connectivity index (χ0n) is 14.8. The van der Waals surface area contributed by atoms with Gasteiger partial charge in [-0.15, -0.1) is 0 Å². The SMILES string of the molecule is C=C(C)C(=O)Nc1ccc(C(=O)N/N=C\c2ccc3ccccc3n2)cc1. The monoisotopic (exact) mass is 358 g/mol. The van der Waals surface area contributed by atoms with Crippen LogP contribution in [0.25, 0.3) is 10.9 Å². The fraction of sp³-hybridized carbons (Fsp3) is 0.0476. The van der Waals surface area contributed by atoms with Crippen molar-refractivity contribution in [2.75, 3.05) is 5.32 Å². The molecule has 0 fully saturated rings. The van der Waals surface area contributed by atoms with Crippen LogP contribution in [0.4, 0.5) is 5.69 Å². The Labute approximate surface area is 156 Å². The van der Waals surface area contributed by atoms with Crippen molar-refractivity contribution in [3.05, 3.63) is 84.1 Å². The fourth-order valence-electron chi connectivity index (χ4n) is 2.32. The number of pyridine rings is 1. The summed E-state index contributed by atoms with van der Waals surface area (Å²) in [6.07, 6.45) is 1.49. The van der Waals surface area contributed by atoms with Crippen molar-refractivity contribution in [3.63, 3.8) is 0 Å². The van der Waals surface area contributed by atoms with Crippen LogP contribution in [0.15, 0.2) is 77.9 Å². The van der Waals surface area contributed by atoms with Crippen molar-refractivity contribution in [2.45, 2.75) is 6.92 Å². The van der Waals surface area contributed by atoms with Crippen LogP contribution >= 0.6 is 0 Å². The minimum Gasteiger partial charge on any atom is -0.322 e. The van der Waals surface area contributed by atoms with E-state index in [9.17, 15) is 9.59 Å². The molecular formula is C21H18N4O2. The van der Waals surface area contributed by atoms with Crippen LogP contribution in [0, 0.1) is 0 Å². The van der Waals surface area contributed by atoms with Gasteiger partial charge in [0.1, 0.15) is 0 Å². The normalized spacial score (nSPS) is 10.7. The first-order valence-corrected chi connectivity index (χ1v) is 8.29. The number of carbonyl (C=O) groups excluding carboxylic acids is 2. The van der Waals surface area contributed by atoms with Crippen LogP contribution in [0.1, 0.15) is 23.0 Å². The summed E-state index contributed by atoms with van der Waals surface area (Å²) in [4.78, 5) is 28.2. The first-order chi connectivity index (χ1) is 13.0. The molecule has 27 heavy (non-hydrogen) atoms. The Balaban J connectivity index is 1.61. The van der Waals surface area contributed by atoms with E-state index in [1.54, 1.807) is 31.2 Å². The van der Waals surface area contributed by atoms with E-state index in [0.29, 0.717) is 22.5 Å². The highest BCUT2D eigenvalue weighted by Gasteiger charge is 2.06. The summed E-state index contributed by atoms with van der Waals surface area (Å²) in [7, 11) is 0. The summed E-state index contributed by atoms with van der Waals surface area (Å²) >= 11 is 0. The Kier molecular flexibility index (Phi) is 5.37. The summed E-state index contributed by atoms with van der Waals surface area (Å²) in [6, 6.07) is 18.0. The van der Waals surface area contributed by atoms with E-state index in [1.165, 1.54) is 6.21 Å². The fourth-order valence-corrected chi connectivity index (χ4v) is 2.32. The number of hydrogen-bond donors (Lipinski definition) is 2. The predicted molar refractivity (Wildman–Crippen MR) is 107 cm³/mol. The average molecular weight is 358 g/mol. The molecule has 2 N–H and O–H groups in total. The van der Waals surface area contributed by atoms with Crippen molar-refractivity contribution in [1.82, 2.24) is 10.4 Å². The Morgan fingerprint density at radius 3 is 2.52 bits per heavy atom. The van der Waals surface area contributed by atoms with Gasteiger partial charge in [0.25, 0.3) is 11.8 Å². The number of fused-ring (bicyclic) bond motifs is 1. The van der Waals surface area contributed by atoms with Crippen LogP contribution in [-0.4, -0.2) is 23.0 Å². The van der Waals surface area contributed by atoms with Crippen molar-refractivity contribution in [2.24, 2.45) is 5.10 Å². The molecule has 0 radical (unpaired) electrons. The van der Waals surface area contributed by atoms with Crippen molar-refractivity contribution >= 4 is 34.6 Å². The Bertz CT molecular complexity index is 1040. The van der Waals surface area contributed by atoms with Gasteiger partial charge in [-0.1, -0.05) is 30.8 Å². The van der Waals surface area contributed by atoms with Gasteiger partial charge in [-0.05, 0) is 43.3 Å². The molecule has 1 heterocycles. The maximum Gasteiger partial charge on any atom is 0.271 e. The maximum atomic E-state index is 12.1. The molecule has 2 amide bonds. The molecule has 0 spiro atoms. The second-order valence-electron chi connectivity index (χ2n) is 5.94. The van der Waals surface area contributed by atoms with Crippen LogP contribution in [0.2, 0.25) is 0 Å². The zero-order chi connectivity index (χ0) is 19.2. The maximum absolute atomic E-state index is 12.1. The average Bonchev–Trinajstić information content (AvgIpc) is 2.68. The Morgan fingerprint density at radius 2 is 1.78 bits per heavy atom. The lowest BCUT2D eigenvalue weighted by molar-refractivity contribution is -0.112. The topological polar surface area (TPSA) is 83.5 Å². The van der Waals surface area contributed by atoms with E-state index < -0.39 is 0 Å². The van der Waals surface area contributed by atoms with E-state index in [2.05, 4.69) is 27.4 Å². The summed E-state index contributed by atoms with van der Waals surface area (Å²) in [6.45, 7) is 5.20. The molecule has 0 unspecified atom stereocenters. The third-order valence-electron chi connectivity index (χ3n) is 3.78. The summed E-state index contributed by atoms with van der Waals surface area (Å²) in [5.74, 6) is -0.621. The summed E-state index contributed by atoms with van der Waals surface area (Å²) in [5, 5.41) is 7.67. The molecule has 3 aromatic rings. The highest BCUT2D eigenvalue weighted by molar-refractivity contribution is 6.03. The number of nitrogens with zero attached hydrogens (tertiary/aromatic N) is 2. The number of para-hydroxylation sites is 1. The number of hydrazone groups is 1. The van der Waals surface area contributed by atoms with Gasteiger partial charge in [-0.2, -0.15) is 5.10 Å². The first-order valence-electron chi connectivity index (χ1n) is 8.29. The zero-order valence-corrected chi connectivity index (χ0v) is 14.8. The minimum atomic E-state index is -0.357. The molecule has 0 saturated carbocycles. The third kappa shape index (κ3) is 4.64. The molecule has 6 nitrogen and oxygen atoms in total. The standard InChI is InChI=1S/C21H18N4O2/c1-14(2)20(26)24-17-10-8-16(9-11-17)21(27)25-22-13-18-12-7-15-5-3-4-6-19(15)23-18/h3-13H,1H2,2H3,(H,24,26)(H,25,27)/b22-13-. The van der Waals surface area contributed by atoms with Crippen LogP contribution < -0.4 is 10.7 Å². The third-order valence-corrected chi connectivity index (χ3v) is 3.78. The van der Waals surface area contributed by atoms with E-state index in [4.69, 9.17) is 0 Å². The molecule has 2 aromatic carbocycles. The smallest absolute Gasteiger partial charge is 0.271 e. The van der Waals surface area contributed by atoms with Gasteiger partial charge in [0.2, 0.25) is 0 Å². The number of anilines is 1.